The minimum atomic E-state index is -2.26. The molecule has 3 aromatic rings. The highest BCUT2D eigenvalue weighted by atomic mass is 32.2. The van der Waals surface area contributed by atoms with E-state index in [0.717, 1.165) is 34.1 Å². The molecule has 2 heterocycles. The molecule has 1 aromatic heterocycles. The van der Waals surface area contributed by atoms with Gasteiger partial charge in [-0.2, -0.15) is 4.36 Å². The third kappa shape index (κ3) is 4.91. The largest absolute Gasteiger partial charge is 0.488 e. The van der Waals surface area contributed by atoms with Crippen LogP contribution in [0.3, 0.4) is 0 Å². The normalized spacial score (nSPS) is 16.4. The molecule has 1 aliphatic rings. The quantitative estimate of drug-likeness (QED) is 0.501. The van der Waals surface area contributed by atoms with Crippen LogP contribution in [-0.2, 0) is 20.9 Å². The van der Waals surface area contributed by atoms with Crippen LogP contribution >= 0.6 is 0 Å². The van der Waals surface area contributed by atoms with Crippen molar-refractivity contribution in [3.8, 4) is 5.75 Å². The second kappa shape index (κ2) is 9.50. The summed E-state index contributed by atoms with van der Waals surface area (Å²) in [6.45, 7) is 6.93. The van der Waals surface area contributed by atoms with Crippen molar-refractivity contribution in [2.75, 3.05) is 24.7 Å². The van der Waals surface area contributed by atoms with Gasteiger partial charge in [-0.15, -0.1) is 0 Å². The summed E-state index contributed by atoms with van der Waals surface area (Å²) in [5, 5.41) is 0.922. The molecule has 0 N–H and O–H groups in total. The number of ether oxygens (including phenoxy) is 2. The van der Waals surface area contributed by atoms with Gasteiger partial charge in [0, 0.05) is 41.4 Å². The van der Waals surface area contributed by atoms with Crippen molar-refractivity contribution in [3.05, 3.63) is 59.3 Å². The number of aryl methyl sites for hydroxylation is 1. The van der Waals surface area contributed by atoms with Crippen LogP contribution in [0.1, 0.15) is 37.1 Å². The van der Waals surface area contributed by atoms with Gasteiger partial charge in [-0.25, -0.2) is 18.6 Å². The molecule has 1 aliphatic heterocycles. The number of hydrogen-bond acceptors (Lipinski definition) is 6. The highest BCUT2D eigenvalue weighted by Gasteiger charge is 2.20. The molecule has 1 fully saturated rings. The number of rotatable bonds is 7. The standard InChI is InChI=1S/C24H28FN3O3S/c1-4-32(29,5-2)28-19-10-16(3)24-21(26-15-27-22(24)13-19)11-17-6-7-18(25)12-23(17)31-20-8-9-30-14-20/h6-7,10,12-13,15,20H,4-5,8-9,11,14H2,1-3H3/t20-/m0/s1. The zero-order valence-corrected chi connectivity index (χ0v) is 19.5. The van der Waals surface area contributed by atoms with Crippen molar-refractivity contribution >= 4 is 26.3 Å². The number of aromatic nitrogens is 2. The summed E-state index contributed by atoms with van der Waals surface area (Å²) >= 11 is 0. The topological polar surface area (TPSA) is 73.7 Å². The number of halogens is 1. The summed E-state index contributed by atoms with van der Waals surface area (Å²) in [7, 11) is -2.26. The van der Waals surface area contributed by atoms with Crippen LogP contribution in [0, 0.1) is 12.7 Å². The molecule has 2 aromatic carbocycles. The summed E-state index contributed by atoms with van der Waals surface area (Å²) in [5.41, 5.74) is 4.05. The molecular formula is C24H28FN3O3S. The van der Waals surface area contributed by atoms with Gasteiger partial charge >= 0.3 is 0 Å². The Morgan fingerprint density at radius 1 is 1.22 bits per heavy atom. The van der Waals surface area contributed by atoms with E-state index in [-0.39, 0.29) is 11.9 Å². The molecular weight excluding hydrogens is 429 g/mol. The maximum absolute atomic E-state index is 13.9. The van der Waals surface area contributed by atoms with E-state index in [2.05, 4.69) is 14.3 Å². The summed E-state index contributed by atoms with van der Waals surface area (Å²) in [4.78, 5) is 8.96. The van der Waals surface area contributed by atoms with Crippen LogP contribution in [0.4, 0.5) is 10.1 Å². The van der Waals surface area contributed by atoms with E-state index in [1.807, 2.05) is 32.9 Å². The molecule has 0 saturated carbocycles. The van der Waals surface area contributed by atoms with Gasteiger partial charge in [0.1, 0.15) is 24.0 Å². The van der Waals surface area contributed by atoms with Crippen LogP contribution < -0.4 is 4.74 Å². The van der Waals surface area contributed by atoms with E-state index in [0.29, 0.717) is 42.6 Å². The highest BCUT2D eigenvalue weighted by Crippen LogP contribution is 2.31. The van der Waals surface area contributed by atoms with Gasteiger partial charge in [0.25, 0.3) is 0 Å². The van der Waals surface area contributed by atoms with Crippen molar-refractivity contribution in [1.82, 2.24) is 9.97 Å². The van der Waals surface area contributed by atoms with E-state index in [1.165, 1.54) is 18.5 Å². The van der Waals surface area contributed by atoms with E-state index in [4.69, 9.17) is 9.47 Å². The molecule has 170 valence electrons. The second-order valence-electron chi connectivity index (χ2n) is 7.95. The van der Waals surface area contributed by atoms with Crippen LogP contribution in [0.5, 0.6) is 5.75 Å². The van der Waals surface area contributed by atoms with E-state index in [9.17, 15) is 8.60 Å². The first kappa shape index (κ1) is 22.6. The number of nitrogens with zero attached hydrogens (tertiary/aromatic N) is 3. The van der Waals surface area contributed by atoms with Gasteiger partial charge in [-0.3, -0.25) is 0 Å². The fourth-order valence-electron chi connectivity index (χ4n) is 3.91. The molecule has 1 atom stereocenters. The average Bonchev–Trinajstić information content (AvgIpc) is 3.28. The first-order chi connectivity index (χ1) is 15.4. The van der Waals surface area contributed by atoms with Gasteiger partial charge in [0.05, 0.1) is 39.8 Å². The Morgan fingerprint density at radius 3 is 2.75 bits per heavy atom. The number of hydrogen-bond donors (Lipinski definition) is 0. The molecule has 0 bridgehead atoms. The highest BCUT2D eigenvalue weighted by molar-refractivity contribution is 7.93. The first-order valence-corrected chi connectivity index (χ1v) is 12.8. The van der Waals surface area contributed by atoms with Crippen molar-refractivity contribution in [1.29, 1.82) is 0 Å². The molecule has 0 unspecified atom stereocenters. The molecule has 0 amide bonds. The summed E-state index contributed by atoms with van der Waals surface area (Å²) < 4.78 is 42.7. The molecule has 4 rings (SSSR count). The monoisotopic (exact) mass is 457 g/mol. The third-order valence-electron chi connectivity index (χ3n) is 5.74. The van der Waals surface area contributed by atoms with Gasteiger partial charge in [-0.1, -0.05) is 19.9 Å². The average molecular weight is 458 g/mol. The lowest BCUT2D eigenvalue weighted by atomic mass is 10.0. The second-order valence-corrected chi connectivity index (χ2v) is 10.8. The summed E-state index contributed by atoms with van der Waals surface area (Å²) in [5.74, 6) is 1.19. The summed E-state index contributed by atoms with van der Waals surface area (Å²) in [6.07, 6.45) is 2.71. The molecule has 0 aliphatic carbocycles. The SMILES string of the molecule is CCS(=O)(CC)=Nc1cc(C)c2c(Cc3ccc(F)cc3O[C@H]3CCOC3)ncnc2c1. The minimum absolute atomic E-state index is 0.0735. The van der Waals surface area contributed by atoms with Crippen molar-refractivity contribution in [2.24, 2.45) is 4.36 Å². The van der Waals surface area contributed by atoms with Gasteiger partial charge < -0.3 is 9.47 Å². The Bertz CT molecular complexity index is 1240. The zero-order valence-electron chi connectivity index (χ0n) is 18.6. The Labute approximate surface area is 188 Å². The smallest absolute Gasteiger partial charge is 0.126 e. The molecule has 32 heavy (non-hydrogen) atoms. The third-order valence-corrected chi connectivity index (χ3v) is 8.09. The maximum Gasteiger partial charge on any atom is 0.126 e. The Kier molecular flexibility index (Phi) is 6.71. The lowest BCUT2D eigenvalue weighted by Crippen LogP contribution is -2.17. The Hall–Kier alpha value is -2.58. The van der Waals surface area contributed by atoms with E-state index >= 15 is 0 Å². The zero-order chi connectivity index (χ0) is 22.7. The van der Waals surface area contributed by atoms with Crippen molar-refractivity contribution in [2.45, 2.75) is 39.7 Å². The maximum atomic E-state index is 13.9. The van der Waals surface area contributed by atoms with Crippen LogP contribution in [-0.4, -0.2) is 45.0 Å². The van der Waals surface area contributed by atoms with Crippen molar-refractivity contribution in [3.63, 3.8) is 0 Å². The van der Waals surface area contributed by atoms with Crippen LogP contribution in [0.2, 0.25) is 0 Å². The lowest BCUT2D eigenvalue weighted by Gasteiger charge is -2.16. The molecule has 1 saturated heterocycles. The fourth-order valence-corrected chi connectivity index (χ4v) is 5.07. The van der Waals surface area contributed by atoms with Crippen molar-refractivity contribution < 1.29 is 18.1 Å². The number of fused-ring (bicyclic) bond motifs is 1. The van der Waals surface area contributed by atoms with Gasteiger partial charge in [0.2, 0.25) is 0 Å². The molecule has 8 heteroatoms. The van der Waals surface area contributed by atoms with Gasteiger partial charge in [-0.05, 0) is 30.7 Å². The predicted octanol–water partition coefficient (Wildman–Crippen LogP) is 4.98. The molecule has 0 radical (unpaired) electrons. The van der Waals surface area contributed by atoms with E-state index in [1.54, 1.807) is 6.07 Å². The minimum Gasteiger partial charge on any atom is -0.488 e. The predicted molar refractivity (Wildman–Crippen MR) is 125 cm³/mol. The molecule has 6 nitrogen and oxygen atoms in total. The van der Waals surface area contributed by atoms with E-state index < -0.39 is 9.73 Å². The van der Waals surface area contributed by atoms with Crippen LogP contribution in [0.25, 0.3) is 10.9 Å². The van der Waals surface area contributed by atoms with Gasteiger partial charge in [0.15, 0.2) is 0 Å². The number of benzene rings is 2. The Morgan fingerprint density at radius 2 is 2.03 bits per heavy atom. The Balaban J connectivity index is 1.73. The first-order valence-electron chi connectivity index (χ1n) is 10.9. The summed E-state index contributed by atoms with van der Waals surface area (Å²) in [6, 6.07) is 8.39. The lowest BCUT2D eigenvalue weighted by molar-refractivity contribution is 0.140. The van der Waals surface area contributed by atoms with Crippen LogP contribution in [0.15, 0.2) is 41.0 Å². The fraction of sp³-hybridized carbons (Fsp3) is 0.417. The molecule has 0 spiro atoms.